The van der Waals surface area contributed by atoms with Crippen molar-refractivity contribution >= 4 is 15.9 Å². The molecule has 0 aliphatic heterocycles. The van der Waals surface area contributed by atoms with E-state index in [0.717, 1.165) is 31.4 Å². The van der Waals surface area contributed by atoms with Crippen LogP contribution in [0.15, 0.2) is 47.5 Å². The van der Waals surface area contributed by atoms with E-state index in [4.69, 9.17) is 5.14 Å². The Hall–Kier alpha value is -2.25. The summed E-state index contributed by atoms with van der Waals surface area (Å²) in [7, 11) is -2.01. The van der Waals surface area contributed by atoms with Crippen LogP contribution in [0.4, 0.5) is 0 Å². The Labute approximate surface area is 154 Å². The normalized spacial score (nSPS) is 15.2. The number of carbonyl (C=O) groups is 1. The van der Waals surface area contributed by atoms with E-state index < -0.39 is 10.0 Å². The van der Waals surface area contributed by atoms with Gasteiger partial charge in [0.25, 0.3) is 0 Å². The third-order valence-electron chi connectivity index (χ3n) is 4.81. The first-order valence-electron chi connectivity index (χ1n) is 8.68. The molecule has 0 atom stereocenters. The fourth-order valence-corrected chi connectivity index (χ4v) is 4.20. The van der Waals surface area contributed by atoms with Crippen LogP contribution in [0.3, 0.4) is 0 Å². The van der Waals surface area contributed by atoms with Gasteiger partial charge in [-0.1, -0.05) is 37.1 Å². The van der Waals surface area contributed by atoms with E-state index in [1.807, 2.05) is 6.07 Å². The molecule has 3 rings (SSSR count). The molecule has 1 aromatic carbocycles. The monoisotopic (exact) mass is 373 g/mol. The van der Waals surface area contributed by atoms with E-state index in [9.17, 15) is 13.2 Å². The molecule has 1 saturated carbocycles. The molecule has 1 aromatic heterocycles. The average Bonchev–Trinajstić information content (AvgIpc) is 3.15. The Morgan fingerprint density at radius 1 is 1.19 bits per heavy atom. The van der Waals surface area contributed by atoms with Gasteiger partial charge in [-0.05, 0) is 25.0 Å². The quantitative estimate of drug-likeness (QED) is 0.871. The zero-order chi connectivity index (χ0) is 18.7. The Balaban J connectivity index is 1.76. The number of primary sulfonamides is 1. The summed E-state index contributed by atoms with van der Waals surface area (Å²) < 4.78 is 23.5. The van der Waals surface area contributed by atoms with Gasteiger partial charge < -0.3 is 4.90 Å². The number of amides is 1. The van der Waals surface area contributed by atoms with E-state index in [-0.39, 0.29) is 16.7 Å². The number of rotatable bonds is 5. The predicted molar refractivity (Wildman–Crippen MR) is 99.5 cm³/mol. The summed E-state index contributed by atoms with van der Waals surface area (Å²) in [6.45, 7) is 0.437. The van der Waals surface area contributed by atoms with Gasteiger partial charge in [-0.3, -0.25) is 9.78 Å². The first kappa shape index (κ1) is 18.5. The van der Waals surface area contributed by atoms with Crippen LogP contribution >= 0.6 is 0 Å². The number of pyridine rings is 1. The lowest BCUT2D eigenvalue weighted by Crippen LogP contribution is -2.31. The lowest BCUT2D eigenvalue weighted by Gasteiger charge is -2.20. The van der Waals surface area contributed by atoms with Crippen molar-refractivity contribution in [3.63, 3.8) is 0 Å². The number of sulfonamides is 1. The van der Waals surface area contributed by atoms with Gasteiger partial charge in [0, 0.05) is 30.3 Å². The van der Waals surface area contributed by atoms with E-state index in [1.165, 1.54) is 6.07 Å². The second-order valence-electron chi connectivity index (χ2n) is 6.76. The van der Waals surface area contributed by atoms with Gasteiger partial charge in [0.15, 0.2) is 0 Å². The summed E-state index contributed by atoms with van der Waals surface area (Å²) in [5.74, 6) is 0.314. The average molecular weight is 373 g/mol. The van der Waals surface area contributed by atoms with Crippen molar-refractivity contribution in [2.24, 2.45) is 11.1 Å². The van der Waals surface area contributed by atoms with Gasteiger partial charge >= 0.3 is 0 Å². The van der Waals surface area contributed by atoms with Gasteiger partial charge in [-0.2, -0.15) is 0 Å². The van der Waals surface area contributed by atoms with Crippen LogP contribution in [-0.4, -0.2) is 31.3 Å². The molecule has 138 valence electrons. The van der Waals surface area contributed by atoms with Crippen LogP contribution in [0.25, 0.3) is 11.1 Å². The van der Waals surface area contributed by atoms with Gasteiger partial charge in [-0.15, -0.1) is 0 Å². The topological polar surface area (TPSA) is 93.4 Å². The molecule has 1 fully saturated rings. The van der Waals surface area contributed by atoms with Gasteiger partial charge in [-0.25, -0.2) is 13.6 Å². The maximum Gasteiger partial charge on any atom is 0.238 e. The van der Waals surface area contributed by atoms with Crippen molar-refractivity contribution in [1.82, 2.24) is 9.88 Å². The molecule has 6 nitrogen and oxygen atoms in total. The number of aromatic nitrogens is 1. The highest BCUT2D eigenvalue weighted by atomic mass is 32.2. The number of carbonyl (C=O) groups excluding carboxylic acids is 1. The van der Waals surface area contributed by atoms with Crippen LogP contribution in [-0.2, 0) is 21.4 Å². The molecule has 1 amide bonds. The molecule has 0 bridgehead atoms. The minimum absolute atomic E-state index is 0.0723. The summed E-state index contributed by atoms with van der Waals surface area (Å²) >= 11 is 0. The Bertz CT molecular complexity index is 889. The van der Waals surface area contributed by atoms with E-state index in [1.54, 1.807) is 42.4 Å². The number of benzene rings is 1. The first-order valence-corrected chi connectivity index (χ1v) is 10.2. The van der Waals surface area contributed by atoms with Gasteiger partial charge in [0.05, 0.1) is 17.1 Å². The van der Waals surface area contributed by atoms with E-state index >= 15 is 0 Å². The van der Waals surface area contributed by atoms with Crippen LogP contribution in [0.2, 0.25) is 0 Å². The molecule has 0 unspecified atom stereocenters. The second kappa shape index (κ2) is 7.55. The summed E-state index contributed by atoms with van der Waals surface area (Å²) in [5.41, 5.74) is 1.95. The molecule has 1 aliphatic carbocycles. The molecule has 2 aromatic rings. The van der Waals surface area contributed by atoms with Crippen molar-refractivity contribution in [3.8, 4) is 11.1 Å². The molecule has 0 spiro atoms. The Morgan fingerprint density at radius 2 is 1.88 bits per heavy atom. The van der Waals surface area contributed by atoms with Crippen molar-refractivity contribution in [3.05, 3.63) is 48.3 Å². The Morgan fingerprint density at radius 3 is 2.50 bits per heavy atom. The van der Waals surface area contributed by atoms with Crippen molar-refractivity contribution in [2.45, 2.75) is 37.1 Å². The van der Waals surface area contributed by atoms with E-state index in [0.29, 0.717) is 17.7 Å². The lowest BCUT2D eigenvalue weighted by molar-refractivity contribution is -0.134. The molecular weight excluding hydrogens is 350 g/mol. The zero-order valence-corrected chi connectivity index (χ0v) is 15.6. The SMILES string of the molecule is CN(Cc1ccc(-c2ccccc2S(N)(=O)=O)cn1)C(=O)C1CCCC1. The summed E-state index contributed by atoms with van der Waals surface area (Å²) in [5, 5.41) is 5.29. The third-order valence-corrected chi connectivity index (χ3v) is 5.78. The maximum absolute atomic E-state index is 12.4. The van der Waals surface area contributed by atoms with Crippen molar-refractivity contribution < 1.29 is 13.2 Å². The van der Waals surface area contributed by atoms with Crippen LogP contribution in [0.5, 0.6) is 0 Å². The van der Waals surface area contributed by atoms with Crippen molar-refractivity contribution in [1.29, 1.82) is 0 Å². The summed E-state index contributed by atoms with van der Waals surface area (Å²) in [4.78, 5) is 18.6. The molecule has 26 heavy (non-hydrogen) atoms. The fraction of sp³-hybridized carbons (Fsp3) is 0.368. The second-order valence-corrected chi connectivity index (χ2v) is 8.28. The fourth-order valence-electron chi connectivity index (χ4n) is 3.44. The molecule has 7 heteroatoms. The van der Waals surface area contributed by atoms with Gasteiger partial charge in [0.2, 0.25) is 15.9 Å². The number of nitrogens with zero attached hydrogens (tertiary/aromatic N) is 2. The van der Waals surface area contributed by atoms with Crippen LogP contribution < -0.4 is 5.14 Å². The highest BCUT2D eigenvalue weighted by Gasteiger charge is 2.25. The summed E-state index contributed by atoms with van der Waals surface area (Å²) in [6, 6.07) is 10.2. The minimum Gasteiger partial charge on any atom is -0.340 e. The van der Waals surface area contributed by atoms with Crippen LogP contribution in [0.1, 0.15) is 31.4 Å². The maximum atomic E-state index is 12.4. The van der Waals surface area contributed by atoms with Gasteiger partial charge in [0.1, 0.15) is 0 Å². The smallest absolute Gasteiger partial charge is 0.238 e. The highest BCUT2D eigenvalue weighted by Crippen LogP contribution is 2.28. The number of hydrogen-bond donors (Lipinski definition) is 1. The third kappa shape index (κ3) is 4.11. The first-order chi connectivity index (χ1) is 12.4. The standard InChI is InChI=1S/C19H23N3O3S/c1-22(19(23)14-6-2-3-7-14)13-16-11-10-15(12-21-16)17-8-4-5-9-18(17)26(20,24)25/h4-5,8-12,14H,2-3,6-7,13H2,1H3,(H2,20,24,25). The zero-order valence-electron chi connectivity index (χ0n) is 14.8. The summed E-state index contributed by atoms with van der Waals surface area (Å²) in [6.07, 6.45) is 5.81. The lowest BCUT2D eigenvalue weighted by atomic mass is 10.1. The molecule has 0 saturated heterocycles. The molecular formula is C19H23N3O3S. The Kier molecular flexibility index (Phi) is 5.38. The predicted octanol–water partition coefficient (Wildman–Crippen LogP) is 2.54. The minimum atomic E-state index is -3.81. The molecule has 1 heterocycles. The number of hydrogen-bond acceptors (Lipinski definition) is 4. The highest BCUT2D eigenvalue weighted by molar-refractivity contribution is 7.89. The van der Waals surface area contributed by atoms with Crippen molar-refractivity contribution in [2.75, 3.05) is 7.05 Å². The largest absolute Gasteiger partial charge is 0.340 e. The van der Waals surface area contributed by atoms with E-state index in [2.05, 4.69) is 4.98 Å². The van der Waals surface area contributed by atoms with Crippen LogP contribution in [0, 0.1) is 5.92 Å². The molecule has 0 radical (unpaired) electrons. The number of nitrogens with two attached hydrogens (primary N) is 1. The molecule has 2 N–H and O–H groups in total. The molecule has 1 aliphatic rings.